The Balaban J connectivity index is 1.73. The zero-order chi connectivity index (χ0) is 17.6. The summed E-state index contributed by atoms with van der Waals surface area (Å²) in [6, 6.07) is 27.0. The molecular formula is C22H19N3O. The standard InChI is InChI=1S/C22H19N3O/c1-16-8-7-11-18(14-16)22(15-26-22)21(17-9-3-2-4-10-17)25-20-13-6-5-12-19(20)23-24-25/h2-14,21H,15H2,1H3/t21-,22+/m0/s1. The lowest BCUT2D eigenvalue weighted by molar-refractivity contribution is 0.235. The van der Waals surface area contributed by atoms with E-state index in [1.165, 1.54) is 16.7 Å². The van der Waals surface area contributed by atoms with Crippen molar-refractivity contribution >= 4 is 11.0 Å². The number of rotatable bonds is 4. The number of hydrogen-bond donors (Lipinski definition) is 0. The van der Waals surface area contributed by atoms with E-state index in [1.54, 1.807) is 0 Å². The molecule has 4 heteroatoms. The summed E-state index contributed by atoms with van der Waals surface area (Å²) in [6.45, 7) is 2.78. The predicted molar refractivity (Wildman–Crippen MR) is 101 cm³/mol. The number of epoxide rings is 1. The van der Waals surface area contributed by atoms with Crippen molar-refractivity contribution in [1.29, 1.82) is 0 Å². The van der Waals surface area contributed by atoms with Crippen LogP contribution in [0.5, 0.6) is 0 Å². The largest absolute Gasteiger partial charge is 0.362 e. The molecule has 0 spiro atoms. The van der Waals surface area contributed by atoms with Crippen molar-refractivity contribution in [2.75, 3.05) is 6.61 Å². The van der Waals surface area contributed by atoms with Crippen LogP contribution in [0, 0.1) is 6.92 Å². The number of aryl methyl sites for hydroxylation is 1. The van der Waals surface area contributed by atoms with Crippen LogP contribution in [-0.2, 0) is 10.3 Å². The predicted octanol–water partition coefficient (Wildman–Crippen LogP) is 4.25. The molecule has 5 rings (SSSR count). The summed E-state index contributed by atoms with van der Waals surface area (Å²) < 4.78 is 8.15. The quantitative estimate of drug-likeness (QED) is 0.521. The summed E-state index contributed by atoms with van der Waals surface area (Å²) in [5.74, 6) is 0. The molecule has 1 fully saturated rings. The summed E-state index contributed by atoms with van der Waals surface area (Å²) in [7, 11) is 0. The van der Waals surface area contributed by atoms with Gasteiger partial charge < -0.3 is 4.74 Å². The molecule has 4 nitrogen and oxygen atoms in total. The Morgan fingerprint density at radius 1 is 0.962 bits per heavy atom. The molecule has 2 atom stereocenters. The zero-order valence-electron chi connectivity index (χ0n) is 14.5. The second-order valence-electron chi connectivity index (χ2n) is 6.88. The SMILES string of the molecule is Cc1cccc([C@@]2([C@H](c3ccccc3)n3nnc4ccccc43)CO2)c1. The van der Waals surface area contributed by atoms with Crippen LogP contribution in [0.4, 0.5) is 0 Å². The molecule has 4 aromatic rings. The first kappa shape index (κ1) is 15.3. The Hall–Kier alpha value is -2.98. The van der Waals surface area contributed by atoms with E-state index in [0.29, 0.717) is 6.61 Å². The van der Waals surface area contributed by atoms with Gasteiger partial charge in [0.1, 0.15) is 17.2 Å². The van der Waals surface area contributed by atoms with E-state index in [4.69, 9.17) is 4.74 Å². The molecule has 3 aromatic carbocycles. The van der Waals surface area contributed by atoms with Crippen molar-refractivity contribution in [3.8, 4) is 0 Å². The fourth-order valence-corrected chi connectivity index (χ4v) is 3.79. The molecule has 0 amide bonds. The summed E-state index contributed by atoms with van der Waals surface area (Å²) in [6.07, 6.45) is 0. The summed E-state index contributed by atoms with van der Waals surface area (Å²) in [4.78, 5) is 0. The van der Waals surface area contributed by atoms with Crippen LogP contribution in [0.3, 0.4) is 0 Å². The molecule has 128 valence electrons. The molecule has 0 unspecified atom stereocenters. The van der Waals surface area contributed by atoms with Gasteiger partial charge in [0, 0.05) is 0 Å². The maximum absolute atomic E-state index is 6.14. The van der Waals surface area contributed by atoms with E-state index in [9.17, 15) is 0 Å². The van der Waals surface area contributed by atoms with Gasteiger partial charge in [-0.25, -0.2) is 4.68 Å². The van der Waals surface area contributed by atoms with E-state index in [0.717, 1.165) is 11.0 Å². The third-order valence-corrected chi connectivity index (χ3v) is 5.14. The Morgan fingerprint density at radius 2 is 1.73 bits per heavy atom. The Morgan fingerprint density at radius 3 is 2.50 bits per heavy atom. The molecule has 26 heavy (non-hydrogen) atoms. The molecule has 0 aliphatic carbocycles. The molecule has 0 N–H and O–H groups in total. The number of benzene rings is 3. The van der Waals surface area contributed by atoms with E-state index >= 15 is 0 Å². The number of aromatic nitrogens is 3. The van der Waals surface area contributed by atoms with E-state index in [-0.39, 0.29) is 6.04 Å². The van der Waals surface area contributed by atoms with Gasteiger partial charge in [-0.15, -0.1) is 5.10 Å². The van der Waals surface area contributed by atoms with Crippen molar-refractivity contribution in [2.24, 2.45) is 0 Å². The first-order valence-electron chi connectivity index (χ1n) is 8.84. The monoisotopic (exact) mass is 341 g/mol. The van der Waals surface area contributed by atoms with Gasteiger partial charge >= 0.3 is 0 Å². The van der Waals surface area contributed by atoms with Crippen LogP contribution in [0.1, 0.15) is 22.7 Å². The number of para-hydroxylation sites is 1. The van der Waals surface area contributed by atoms with Gasteiger partial charge in [-0.3, -0.25) is 0 Å². The normalized spacial score (nSPS) is 20.2. The fourth-order valence-electron chi connectivity index (χ4n) is 3.79. The molecule has 1 aliphatic heterocycles. The molecule has 2 heterocycles. The van der Waals surface area contributed by atoms with Gasteiger partial charge in [0.05, 0.1) is 12.1 Å². The fraction of sp³-hybridized carbons (Fsp3) is 0.182. The van der Waals surface area contributed by atoms with Crippen molar-refractivity contribution in [3.63, 3.8) is 0 Å². The van der Waals surface area contributed by atoms with Crippen LogP contribution in [0.2, 0.25) is 0 Å². The number of nitrogens with zero attached hydrogens (tertiary/aromatic N) is 3. The van der Waals surface area contributed by atoms with E-state index < -0.39 is 5.60 Å². The summed E-state index contributed by atoms with van der Waals surface area (Å²) in [5.41, 5.74) is 5.09. The van der Waals surface area contributed by atoms with Crippen LogP contribution >= 0.6 is 0 Å². The van der Waals surface area contributed by atoms with Crippen LogP contribution in [0.15, 0.2) is 78.9 Å². The number of hydrogen-bond acceptors (Lipinski definition) is 3. The summed E-state index contributed by atoms with van der Waals surface area (Å²) in [5, 5.41) is 8.89. The highest BCUT2D eigenvalue weighted by Crippen LogP contribution is 2.51. The molecule has 0 saturated carbocycles. The molecule has 1 aromatic heterocycles. The van der Waals surface area contributed by atoms with Gasteiger partial charge in [-0.1, -0.05) is 77.5 Å². The van der Waals surface area contributed by atoms with Crippen molar-refractivity contribution in [3.05, 3.63) is 95.6 Å². The first-order chi connectivity index (χ1) is 12.8. The lowest BCUT2D eigenvalue weighted by atomic mass is 9.86. The minimum absolute atomic E-state index is 0.0714. The average Bonchev–Trinajstić information content (AvgIpc) is 3.37. The Kier molecular flexibility index (Phi) is 3.40. The third-order valence-electron chi connectivity index (χ3n) is 5.14. The maximum atomic E-state index is 6.14. The second-order valence-corrected chi connectivity index (χ2v) is 6.88. The van der Waals surface area contributed by atoms with Crippen molar-refractivity contribution in [2.45, 2.75) is 18.6 Å². The molecule has 0 radical (unpaired) electrons. The highest BCUT2D eigenvalue weighted by Gasteiger charge is 2.55. The van der Waals surface area contributed by atoms with Gasteiger partial charge in [-0.2, -0.15) is 0 Å². The molecule has 1 aliphatic rings. The maximum Gasteiger partial charge on any atom is 0.143 e. The third kappa shape index (κ3) is 2.34. The molecular weight excluding hydrogens is 322 g/mol. The molecule has 0 bridgehead atoms. The second kappa shape index (κ2) is 5.78. The Bertz CT molecular complexity index is 1070. The van der Waals surface area contributed by atoms with Crippen molar-refractivity contribution < 1.29 is 4.74 Å². The lowest BCUT2D eigenvalue weighted by Gasteiger charge is -2.26. The van der Waals surface area contributed by atoms with E-state index in [2.05, 4.69) is 71.8 Å². The van der Waals surface area contributed by atoms with Crippen molar-refractivity contribution in [1.82, 2.24) is 15.0 Å². The number of ether oxygens (including phenoxy) is 1. The van der Waals surface area contributed by atoms with Crippen LogP contribution in [-0.4, -0.2) is 21.6 Å². The topological polar surface area (TPSA) is 43.2 Å². The minimum atomic E-state index is -0.413. The first-order valence-corrected chi connectivity index (χ1v) is 8.84. The van der Waals surface area contributed by atoms with Crippen LogP contribution < -0.4 is 0 Å². The van der Waals surface area contributed by atoms with Gasteiger partial charge in [0.15, 0.2) is 0 Å². The average molecular weight is 341 g/mol. The van der Waals surface area contributed by atoms with Crippen LogP contribution in [0.25, 0.3) is 11.0 Å². The smallest absolute Gasteiger partial charge is 0.143 e. The van der Waals surface area contributed by atoms with Gasteiger partial charge in [0.2, 0.25) is 0 Å². The van der Waals surface area contributed by atoms with E-state index in [1.807, 2.05) is 28.9 Å². The minimum Gasteiger partial charge on any atom is -0.362 e. The summed E-state index contributed by atoms with van der Waals surface area (Å²) >= 11 is 0. The zero-order valence-corrected chi connectivity index (χ0v) is 14.5. The van der Waals surface area contributed by atoms with Gasteiger partial charge in [0.25, 0.3) is 0 Å². The highest BCUT2D eigenvalue weighted by molar-refractivity contribution is 5.74. The highest BCUT2D eigenvalue weighted by atomic mass is 16.6. The lowest BCUT2D eigenvalue weighted by Crippen LogP contribution is -2.28. The Labute approximate surface area is 152 Å². The molecule has 1 saturated heterocycles. The number of fused-ring (bicyclic) bond motifs is 1. The van der Waals surface area contributed by atoms with Gasteiger partial charge in [-0.05, 0) is 30.2 Å².